The van der Waals surface area contributed by atoms with Gasteiger partial charge in [-0.15, -0.1) is 0 Å². The molecule has 0 unspecified atom stereocenters. The summed E-state index contributed by atoms with van der Waals surface area (Å²) in [5.74, 6) is -0.881. The first kappa shape index (κ1) is 25.0. The maximum atomic E-state index is 12.1. The van der Waals surface area contributed by atoms with Gasteiger partial charge in [-0.1, -0.05) is 23.2 Å². The molecule has 166 valence electrons. The summed E-state index contributed by atoms with van der Waals surface area (Å²) in [5, 5.41) is 6.28. The van der Waals surface area contributed by atoms with E-state index in [9.17, 15) is 14.4 Å². The molecule has 2 amide bonds. The molecule has 0 saturated heterocycles. The Morgan fingerprint density at radius 1 is 1.00 bits per heavy atom. The van der Waals surface area contributed by atoms with Gasteiger partial charge < -0.3 is 20.1 Å². The van der Waals surface area contributed by atoms with Crippen LogP contribution in [-0.4, -0.2) is 31.5 Å². The molecule has 0 saturated carbocycles. The van der Waals surface area contributed by atoms with Gasteiger partial charge in [-0.25, -0.2) is 0 Å². The van der Waals surface area contributed by atoms with Crippen molar-refractivity contribution in [2.75, 3.05) is 24.4 Å². The molecule has 0 aliphatic heterocycles. The minimum Gasteiger partial charge on any atom is -0.495 e. The van der Waals surface area contributed by atoms with E-state index in [2.05, 4.69) is 26.6 Å². The number of halogens is 3. The van der Waals surface area contributed by atoms with Gasteiger partial charge >= 0.3 is 5.97 Å². The van der Waals surface area contributed by atoms with Crippen molar-refractivity contribution in [1.29, 1.82) is 0 Å². The van der Waals surface area contributed by atoms with E-state index in [4.69, 9.17) is 32.7 Å². The van der Waals surface area contributed by atoms with Crippen LogP contribution in [0.3, 0.4) is 0 Å². The van der Waals surface area contributed by atoms with Crippen molar-refractivity contribution in [3.8, 4) is 5.75 Å². The molecule has 0 radical (unpaired) electrons. The zero-order valence-electron chi connectivity index (χ0n) is 16.9. The van der Waals surface area contributed by atoms with Crippen molar-refractivity contribution in [2.24, 2.45) is 0 Å². The molecule has 2 aromatic rings. The Hall–Kier alpha value is -2.29. The predicted molar refractivity (Wildman–Crippen MR) is 124 cm³/mol. The fourth-order valence-corrected chi connectivity index (χ4v) is 3.34. The summed E-state index contributed by atoms with van der Waals surface area (Å²) in [5.41, 5.74) is 1.67. The van der Waals surface area contributed by atoms with E-state index in [1.807, 2.05) is 0 Å². The van der Waals surface area contributed by atoms with E-state index in [1.54, 1.807) is 37.3 Å². The van der Waals surface area contributed by atoms with Gasteiger partial charge in [-0.3, -0.25) is 14.4 Å². The van der Waals surface area contributed by atoms with Crippen LogP contribution in [0.2, 0.25) is 10.0 Å². The molecule has 0 aromatic heterocycles. The van der Waals surface area contributed by atoms with Crippen LogP contribution in [-0.2, 0) is 19.1 Å². The third kappa shape index (κ3) is 7.72. The number of esters is 1. The van der Waals surface area contributed by atoms with Crippen LogP contribution in [0.25, 0.3) is 0 Å². The number of benzene rings is 2. The van der Waals surface area contributed by atoms with Crippen molar-refractivity contribution in [1.82, 2.24) is 0 Å². The van der Waals surface area contributed by atoms with E-state index in [0.29, 0.717) is 37.2 Å². The van der Waals surface area contributed by atoms with Crippen LogP contribution >= 0.6 is 39.1 Å². The van der Waals surface area contributed by atoms with Gasteiger partial charge in [0.2, 0.25) is 5.91 Å². The average molecular weight is 532 g/mol. The standard InChI is InChI=1S/C21H21BrCl2N2O5/c1-12-15(8-7-14(22)21(12)24)25-19(28)11-31-20(29)5-3-4-18(27)26-16-10-13(23)6-9-17(16)30-2/h6-10H,3-5,11H2,1-2H3,(H,25,28)(H,26,27). The first-order chi connectivity index (χ1) is 14.7. The number of rotatable bonds is 9. The molecule has 31 heavy (non-hydrogen) atoms. The topological polar surface area (TPSA) is 93.7 Å². The molecule has 2 aromatic carbocycles. The zero-order valence-corrected chi connectivity index (χ0v) is 20.0. The largest absolute Gasteiger partial charge is 0.495 e. The highest BCUT2D eigenvalue weighted by Crippen LogP contribution is 2.31. The molecule has 0 fully saturated rings. The number of hydrogen-bond acceptors (Lipinski definition) is 5. The highest BCUT2D eigenvalue weighted by molar-refractivity contribution is 9.10. The lowest BCUT2D eigenvalue weighted by molar-refractivity contribution is -0.147. The maximum absolute atomic E-state index is 12.1. The number of ether oxygens (including phenoxy) is 2. The minimum absolute atomic E-state index is 0.00345. The summed E-state index contributed by atoms with van der Waals surface area (Å²) in [6.07, 6.45) is 0.348. The molecule has 0 spiro atoms. The fraction of sp³-hybridized carbons (Fsp3) is 0.286. The van der Waals surface area contributed by atoms with E-state index in [-0.39, 0.29) is 25.2 Å². The van der Waals surface area contributed by atoms with Gasteiger partial charge in [0.25, 0.3) is 5.91 Å². The summed E-state index contributed by atoms with van der Waals surface area (Å²) in [6.45, 7) is 1.33. The van der Waals surface area contributed by atoms with Crippen molar-refractivity contribution in [3.05, 3.63) is 50.4 Å². The number of methoxy groups -OCH3 is 1. The van der Waals surface area contributed by atoms with E-state index in [0.717, 1.165) is 0 Å². The monoisotopic (exact) mass is 530 g/mol. The molecule has 0 aliphatic rings. The van der Waals surface area contributed by atoms with Gasteiger partial charge in [0.15, 0.2) is 6.61 Å². The van der Waals surface area contributed by atoms with Gasteiger partial charge in [0, 0.05) is 28.0 Å². The molecular weight excluding hydrogens is 511 g/mol. The van der Waals surface area contributed by atoms with Gasteiger partial charge in [-0.05, 0) is 65.2 Å². The van der Waals surface area contributed by atoms with E-state index in [1.165, 1.54) is 7.11 Å². The Kier molecular flexibility index (Phi) is 9.61. The molecule has 0 atom stereocenters. The van der Waals surface area contributed by atoms with Crippen LogP contribution in [0.4, 0.5) is 11.4 Å². The Morgan fingerprint density at radius 3 is 2.42 bits per heavy atom. The second-order valence-corrected chi connectivity index (χ2v) is 8.16. The van der Waals surface area contributed by atoms with Crippen LogP contribution < -0.4 is 15.4 Å². The summed E-state index contributed by atoms with van der Waals surface area (Å²) in [4.78, 5) is 35.9. The van der Waals surface area contributed by atoms with Gasteiger partial charge in [0.1, 0.15) is 5.75 Å². The first-order valence-corrected chi connectivity index (χ1v) is 10.8. The van der Waals surface area contributed by atoms with Crippen LogP contribution in [0, 0.1) is 6.92 Å². The van der Waals surface area contributed by atoms with Crippen molar-refractivity contribution in [2.45, 2.75) is 26.2 Å². The third-order valence-corrected chi connectivity index (χ3v) is 5.81. The summed E-state index contributed by atoms with van der Waals surface area (Å²) < 4.78 is 10.8. The SMILES string of the molecule is COc1ccc(Cl)cc1NC(=O)CCCC(=O)OCC(=O)Nc1ccc(Br)c(Cl)c1C. The lowest BCUT2D eigenvalue weighted by Gasteiger charge is -2.11. The number of carbonyl (C=O) groups is 3. The van der Waals surface area contributed by atoms with Crippen LogP contribution in [0.5, 0.6) is 5.75 Å². The number of anilines is 2. The molecule has 0 aliphatic carbocycles. The smallest absolute Gasteiger partial charge is 0.306 e. The fourth-order valence-electron chi connectivity index (χ4n) is 2.58. The van der Waals surface area contributed by atoms with Crippen molar-refractivity contribution < 1.29 is 23.9 Å². The summed E-state index contributed by atoms with van der Waals surface area (Å²) in [7, 11) is 1.48. The van der Waals surface area contributed by atoms with Crippen molar-refractivity contribution >= 4 is 68.3 Å². The average Bonchev–Trinajstić information content (AvgIpc) is 2.73. The predicted octanol–water partition coefficient (Wildman–Crippen LogP) is 5.36. The minimum atomic E-state index is -0.575. The Bertz CT molecular complexity index is 984. The molecule has 0 bridgehead atoms. The number of amides is 2. The molecule has 10 heteroatoms. The molecule has 2 rings (SSSR count). The molecular formula is C21H21BrCl2N2O5. The summed E-state index contributed by atoms with van der Waals surface area (Å²) >= 11 is 15.4. The Morgan fingerprint density at radius 2 is 1.71 bits per heavy atom. The molecule has 7 nitrogen and oxygen atoms in total. The van der Waals surface area contributed by atoms with Crippen molar-refractivity contribution in [3.63, 3.8) is 0 Å². The quantitative estimate of drug-likeness (QED) is 0.424. The lowest BCUT2D eigenvalue weighted by atomic mass is 10.2. The van der Waals surface area contributed by atoms with Gasteiger partial charge in [0.05, 0.1) is 17.8 Å². The highest BCUT2D eigenvalue weighted by Gasteiger charge is 2.13. The number of carbonyl (C=O) groups excluding carboxylic acids is 3. The highest BCUT2D eigenvalue weighted by atomic mass is 79.9. The Labute approximate surface area is 198 Å². The van der Waals surface area contributed by atoms with E-state index < -0.39 is 18.5 Å². The van der Waals surface area contributed by atoms with Gasteiger partial charge in [-0.2, -0.15) is 0 Å². The second-order valence-electron chi connectivity index (χ2n) is 6.49. The normalized spacial score (nSPS) is 10.4. The molecule has 0 heterocycles. The third-order valence-electron chi connectivity index (χ3n) is 4.20. The zero-order chi connectivity index (χ0) is 23.0. The summed E-state index contributed by atoms with van der Waals surface area (Å²) in [6, 6.07) is 8.27. The van der Waals surface area contributed by atoms with Crippen LogP contribution in [0.1, 0.15) is 24.8 Å². The lowest BCUT2D eigenvalue weighted by Crippen LogP contribution is -2.21. The maximum Gasteiger partial charge on any atom is 0.306 e. The molecule has 2 N–H and O–H groups in total. The van der Waals surface area contributed by atoms with Crippen LogP contribution in [0.15, 0.2) is 34.8 Å². The number of nitrogens with one attached hydrogen (secondary N) is 2. The first-order valence-electron chi connectivity index (χ1n) is 9.24. The Balaban J connectivity index is 1.72. The number of hydrogen-bond donors (Lipinski definition) is 2. The van der Waals surface area contributed by atoms with E-state index >= 15 is 0 Å². The second kappa shape index (κ2) is 11.9.